The Morgan fingerprint density at radius 2 is 1.63 bits per heavy atom. The predicted molar refractivity (Wildman–Crippen MR) is 248 cm³/mol. The fraction of sp³-hybridized carbons (Fsp3) is 0.702. The van der Waals surface area contributed by atoms with Gasteiger partial charge in [0, 0.05) is 58.6 Å². The Bertz CT molecular complexity index is 1940. The predicted octanol–water partition coefficient (Wildman–Crippen LogP) is 3.48. The lowest BCUT2D eigenvalue weighted by atomic mass is 9.97. The van der Waals surface area contributed by atoms with Crippen molar-refractivity contribution in [1.29, 1.82) is 0 Å². The second-order valence-electron chi connectivity index (χ2n) is 18.5. The van der Waals surface area contributed by atoms with E-state index >= 15 is 0 Å². The first-order chi connectivity index (χ1) is 31.9. The largest absolute Gasteiger partial charge is 0.426 e. The smallest absolute Gasteiger partial charge is 0.373 e. The highest BCUT2D eigenvalue weighted by Gasteiger charge is 2.58. The number of likely N-dealkylation sites (N-methyl/N-ethyl adjacent to an activating group) is 3. The lowest BCUT2D eigenvalue weighted by Gasteiger charge is -2.37. The lowest BCUT2D eigenvalue weighted by molar-refractivity contribution is -0.250. The van der Waals surface area contributed by atoms with Crippen molar-refractivity contribution in [2.24, 2.45) is 5.92 Å². The van der Waals surface area contributed by atoms with Crippen LogP contribution in [0, 0.1) is 5.92 Å². The van der Waals surface area contributed by atoms with Crippen LogP contribution < -0.4 is 21.3 Å². The second kappa shape index (κ2) is 26.1. The highest BCUT2D eigenvalue weighted by molar-refractivity contribution is 6.30. The highest BCUT2D eigenvalue weighted by Crippen LogP contribution is 2.34. The number of benzene rings is 1. The Labute approximate surface area is 403 Å². The molecule has 1 aromatic carbocycles. The fourth-order valence-corrected chi connectivity index (χ4v) is 8.86. The molecule has 2 aliphatic heterocycles. The number of unbranched alkanes of at least 4 members (excludes halogenated alkanes) is 1. The third-order valence-electron chi connectivity index (χ3n) is 12.5. The number of rotatable bonds is 17. The van der Waals surface area contributed by atoms with Crippen LogP contribution in [-0.2, 0) is 44.8 Å². The summed E-state index contributed by atoms with van der Waals surface area (Å²) in [6.07, 6.45) is -2.86. The molecule has 382 valence electrons. The summed E-state index contributed by atoms with van der Waals surface area (Å²) >= 11 is 6.33. The molecule has 2 saturated heterocycles. The lowest BCUT2D eigenvalue weighted by Crippen LogP contribution is -2.62. The van der Waals surface area contributed by atoms with Crippen LogP contribution in [-0.4, -0.2) is 160 Å². The summed E-state index contributed by atoms with van der Waals surface area (Å²) in [4.78, 5) is 116. The number of likely N-dealkylation sites (tertiary alicyclic amines) is 1. The number of hydrogen-bond donors (Lipinski definition) is 5. The van der Waals surface area contributed by atoms with E-state index in [0.717, 1.165) is 4.90 Å². The van der Waals surface area contributed by atoms with Crippen LogP contribution in [0.1, 0.15) is 118 Å². The summed E-state index contributed by atoms with van der Waals surface area (Å²) in [5.74, 6) is -6.01. The molecule has 7 atom stereocenters. The van der Waals surface area contributed by atoms with Gasteiger partial charge >= 0.3 is 6.18 Å². The van der Waals surface area contributed by atoms with Crippen LogP contribution in [0.25, 0.3) is 0 Å². The molecule has 2 aliphatic rings. The quantitative estimate of drug-likeness (QED) is 0.144. The Morgan fingerprint density at radius 1 is 0.956 bits per heavy atom. The summed E-state index contributed by atoms with van der Waals surface area (Å²) in [6.45, 7) is 9.20. The van der Waals surface area contributed by atoms with Crippen molar-refractivity contribution in [3.63, 3.8) is 0 Å². The van der Waals surface area contributed by atoms with E-state index in [0.29, 0.717) is 54.5 Å². The first-order valence-corrected chi connectivity index (χ1v) is 24.1. The molecule has 0 unspecified atom stereocenters. The van der Waals surface area contributed by atoms with Gasteiger partial charge in [0.15, 0.2) is 0 Å². The molecule has 1 aromatic rings. The summed E-state index contributed by atoms with van der Waals surface area (Å²) in [7, 11) is 2.96. The van der Waals surface area contributed by atoms with Crippen molar-refractivity contribution < 1.29 is 56.6 Å². The molecule has 0 radical (unpaired) electrons. The number of hydrogen-bond acceptors (Lipinski definition) is 9. The number of carbonyl (C=O) groups is 8. The SMILES string of the molecule is CCC[C@H]1NC(=O)[C@H](Cc2cccc(Cl)c2)N(CC)C(=O)[C@H](CC(C)C)NC(=O)[C@@H](N(C)C(=O)[C@H](CCCCNC(C)=O)NC(=O)[C@@H]2CCCN2C(=O)[C@@](C)(O)C(F)(F)F)CCCCN(C)C1=O. The van der Waals surface area contributed by atoms with E-state index in [1.54, 1.807) is 38.2 Å². The van der Waals surface area contributed by atoms with Crippen molar-refractivity contribution in [3.05, 3.63) is 34.9 Å². The van der Waals surface area contributed by atoms with Crippen molar-refractivity contribution in [1.82, 2.24) is 40.9 Å². The van der Waals surface area contributed by atoms with Gasteiger partial charge in [-0.1, -0.05) is 50.9 Å². The minimum absolute atomic E-state index is 0.0312. The average molecular weight is 986 g/mol. The third kappa shape index (κ3) is 15.8. The van der Waals surface area contributed by atoms with Gasteiger partial charge in [-0.05, 0) is 102 Å². The van der Waals surface area contributed by atoms with Crippen LogP contribution >= 0.6 is 11.6 Å². The molecule has 0 aliphatic carbocycles. The van der Waals surface area contributed by atoms with Crippen LogP contribution in [0.5, 0.6) is 0 Å². The maximum Gasteiger partial charge on any atom is 0.426 e. The average Bonchev–Trinajstić information content (AvgIpc) is 3.76. The van der Waals surface area contributed by atoms with Crippen LogP contribution in [0.2, 0.25) is 5.02 Å². The van der Waals surface area contributed by atoms with Gasteiger partial charge in [0.2, 0.25) is 47.0 Å². The Hall–Kier alpha value is -4.98. The summed E-state index contributed by atoms with van der Waals surface area (Å²) in [5, 5.41) is 21.7. The van der Waals surface area contributed by atoms with Gasteiger partial charge in [0.05, 0.1) is 0 Å². The van der Waals surface area contributed by atoms with Gasteiger partial charge in [0.25, 0.3) is 5.91 Å². The summed E-state index contributed by atoms with van der Waals surface area (Å²) in [5.41, 5.74) is -3.13. The molecule has 5 N–H and O–H groups in total. The van der Waals surface area contributed by atoms with Crippen molar-refractivity contribution >= 4 is 58.9 Å². The van der Waals surface area contributed by atoms with Gasteiger partial charge in [0.1, 0.15) is 36.3 Å². The molecule has 0 aromatic heterocycles. The maximum absolute atomic E-state index is 14.8. The number of aliphatic hydroxyl groups is 1. The normalized spacial score (nSPS) is 22.9. The molecular formula is C47H72ClF3N8O9. The molecular weight excluding hydrogens is 913 g/mol. The number of nitrogens with zero attached hydrogens (tertiary/aromatic N) is 4. The van der Waals surface area contributed by atoms with Gasteiger partial charge in [-0.15, -0.1) is 0 Å². The molecule has 2 heterocycles. The fourth-order valence-electron chi connectivity index (χ4n) is 8.65. The van der Waals surface area contributed by atoms with Gasteiger partial charge in [-0.2, -0.15) is 13.2 Å². The monoisotopic (exact) mass is 985 g/mol. The number of alkyl halides is 3. The minimum atomic E-state index is -5.34. The number of amides is 8. The van der Waals surface area contributed by atoms with Crippen LogP contribution in [0.3, 0.4) is 0 Å². The zero-order valence-corrected chi connectivity index (χ0v) is 41.4. The van der Waals surface area contributed by atoms with E-state index < -0.39 is 83.5 Å². The molecule has 2 fully saturated rings. The van der Waals surface area contributed by atoms with E-state index in [-0.39, 0.29) is 88.9 Å². The topological polar surface area (TPSA) is 218 Å². The van der Waals surface area contributed by atoms with Gasteiger partial charge < -0.3 is 46.0 Å². The Kier molecular flexibility index (Phi) is 22.0. The zero-order valence-electron chi connectivity index (χ0n) is 40.7. The number of nitrogens with one attached hydrogen (secondary N) is 4. The first-order valence-electron chi connectivity index (χ1n) is 23.7. The number of carbonyl (C=O) groups excluding carboxylic acids is 8. The molecule has 8 amide bonds. The molecule has 0 spiro atoms. The molecule has 0 saturated carbocycles. The third-order valence-corrected chi connectivity index (χ3v) is 12.8. The van der Waals surface area contributed by atoms with Crippen LogP contribution in [0.15, 0.2) is 24.3 Å². The van der Waals surface area contributed by atoms with Gasteiger partial charge in [-0.3, -0.25) is 38.4 Å². The van der Waals surface area contributed by atoms with E-state index in [1.807, 2.05) is 20.8 Å². The van der Waals surface area contributed by atoms with E-state index in [4.69, 9.17) is 11.6 Å². The van der Waals surface area contributed by atoms with Crippen molar-refractivity contribution in [3.8, 4) is 0 Å². The molecule has 0 bridgehead atoms. The van der Waals surface area contributed by atoms with E-state index in [1.165, 1.54) is 23.8 Å². The minimum Gasteiger partial charge on any atom is -0.373 e. The molecule has 3 rings (SSSR count). The standard InChI is InChI=1S/C47H72ClF3N8O9/c1-9-17-33-42(64)56(7)24-14-12-21-36(39(61)55-35(26-29(3)4)44(66)58(10-2)38(41(63)53-33)28-31-18-15-19-32(48)27-31)57(8)43(65)34(20-11-13-23-52-30(5)60)54-40(62)37-22-16-25-59(37)45(67)46(6,68)47(49,50)51/h15,18-19,27,29,33-38,68H,9-14,16-17,20-26,28H2,1-8H3,(H,52,60)(H,53,63)(H,54,62)(H,55,61)/t33-,34+,35+,36+,37+,38+,46-/m1/s1. The summed E-state index contributed by atoms with van der Waals surface area (Å²) in [6, 6.07) is -0.445. The maximum atomic E-state index is 14.8. The molecule has 21 heteroatoms. The highest BCUT2D eigenvalue weighted by atomic mass is 35.5. The van der Waals surface area contributed by atoms with Crippen molar-refractivity contribution in [2.75, 3.05) is 40.3 Å². The molecule has 68 heavy (non-hydrogen) atoms. The Morgan fingerprint density at radius 3 is 2.24 bits per heavy atom. The van der Waals surface area contributed by atoms with E-state index in [2.05, 4.69) is 21.3 Å². The van der Waals surface area contributed by atoms with Gasteiger partial charge in [-0.25, -0.2) is 0 Å². The Balaban J connectivity index is 2.08. The first kappa shape index (κ1) is 57.3. The van der Waals surface area contributed by atoms with E-state index in [9.17, 15) is 56.6 Å². The van der Waals surface area contributed by atoms with Crippen LogP contribution in [0.4, 0.5) is 13.2 Å². The number of halogens is 4. The van der Waals surface area contributed by atoms with Crippen molar-refractivity contribution in [2.45, 2.75) is 167 Å². The molecule has 17 nitrogen and oxygen atoms in total. The zero-order chi connectivity index (χ0) is 51.1. The summed E-state index contributed by atoms with van der Waals surface area (Å²) < 4.78 is 41.2. The second-order valence-corrected chi connectivity index (χ2v) is 18.9.